The third kappa shape index (κ3) is 4.47. The van der Waals surface area contributed by atoms with Crippen LogP contribution >= 0.6 is 11.6 Å². The second-order valence-electron chi connectivity index (χ2n) is 7.27. The fraction of sp³-hybridized carbons (Fsp3) is 0.261. The number of H-pyrrole nitrogens is 1. The number of benzene rings is 2. The van der Waals surface area contributed by atoms with Gasteiger partial charge in [0.15, 0.2) is 5.15 Å². The summed E-state index contributed by atoms with van der Waals surface area (Å²) in [5.74, 6) is 0.558. The lowest BCUT2D eigenvalue weighted by molar-refractivity contribution is 0.271. The molecule has 0 radical (unpaired) electrons. The van der Waals surface area contributed by atoms with Gasteiger partial charge in [0.25, 0.3) is 0 Å². The monoisotopic (exact) mass is 438 g/mol. The lowest BCUT2D eigenvalue weighted by atomic mass is 9.98. The van der Waals surface area contributed by atoms with E-state index in [1.54, 1.807) is 0 Å². The van der Waals surface area contributed by atoms with Crippen LogP contribution in [0.15, 0.2) is 57.7 Å². The van der Waals surface area contributed by atoms with Gasteiger partial charge in [0.2, 0.25) is 5.89 Å². The molecule has 2 aromatic heterocycles. The van der Waals surface area contributed by atoms with Gasteiger partial charge in [0.1, 0.15) is 5.82 Å². The van der Waals surface area contributed by atoms with Gasteiger partial charge in [-0.3, -0.25) is 0 Å². The number of nitrogens with zero attached hydrogens (tertiary/aromatic N) is 3. The molecule has 0 aliphatic carbocycles. The Hall–Kier alpha value is -3.16. The summed E-state index contributed by atoms with van der Waals surface area (Å²) in [4.78, 5) is 15.8. The van der Waals surface area contributed by atoms with Crippen LogP contribution in [0.4, 0.5) is 0 Å². The Balaban J connectivity index is 1.63. The number of rotatable bonds is 8. The Kier molecular flexibility index (Phi) is 6.34. The molecular weight excluding hydrogens is 416 g/mol. The van der Waals surface area contributed by atoms with Crippen molar-refractivity contribution in [1.82, 2.24) is 19.7 Å². The number of unbranched alkanes of at least 4 members (excludes halogenated alkanes) is 1. The van der Waals surface area contributed by atoms with Gasteiger partial charge in [0.05, 0.1) is 12.3 Å². The third-order valence-corrected chi connectivity index (χ3v) is 5.51. The van der Waals surface area contributed by atoms with Crippen molar-refractivity contribution >= 4 is 11.6 Å². The molecule has 4 rings (SSSR count). The van der Waals surface area contributed by atoms with E-state index in [9.17, 15) is 9.90 Å². The number of halogens is 1. The highest BCUT2D eigenvalue weighted by atomic mass is 35.5. The highest BCUT2D eigenvalue weighted by molar-refractivity contribution is 6.30. The lowest BCUT2D eigenvalue weighted by Gasteiger charge is -2.12. The predicted molar refractivity (Wildman–Crippen MR) is 119 cm³/mol. The van der Waals surface area contributed by atoms with Crippen molar-refractivity contribution in [2.75, 3.05) is 0 Å². The molecule has 0 unspecified atom stereocenters. The zero-order chi connectivity index (χ0) is 21.8. The number of hydrogen-bond acceptors (Lipinski definition) is 5. The van der Waals surface area contributed by atoms with Crippen molar-refractivity contribution in [2.45, 2.75) is 39.3 Å². The van der Waals surface area contributed by atoms with E-state index in [4.69, 9.17) is 16.0 Å². The largest absolute Gasteiger partial charge is 0.434 e. The Morgan fingerprint density at radius 1 is 1.13 bits per heavy atom. The second kappa shape index (κ2) is 9.32. The number of imidazole rings is 1. The fourth-order valence-electron chi connectivity index (χ4n) is 3.61. The predicted octanol–water partition coefficient (Wildman–Crippen LogP) is 4.43. The molecule has 160 valence electrons. The second-order valence-corrected chi connectivity index (χ2v) is 7.63. The summed E-state index contributed by atoms with van der Waals surface area (Å²) in [5.41, 5.74) is 4.32. The molecule has 2 aromatic carbocycles. The average Bonchev–Trinajstić information content (AvgIpc) is 3.35. The van der Waals surface area contributed by atoms with Crippen LogP contribution in [0, 0.1) is 0 Å². The first-order valence-corrected chi connectivity index (χ1v) is 10.6. The first kappa shape index (κ1) is 21.1. The minimum Gasteiger partial charge on any atom is -0.390 e. The number of aliphatic hydroxyl groups excluding tert-OH is 1. The number of hydrogen-bond donors (Lipinski definition) is 2. The molecule has 0 amide bonds. The van der Waals surface area contributed by atoms with Crippen LogP contribution in [0.25, 0.3) is 22.6 Å². The molecule has 0 aliphatic rings. The maximum Gasteiger partial charge on any atom is 0.434 e. The highest BCUT2D eigenvalue weighted by Crippen LogP contribution is 2.30. The first-order chi connectivity index (χ1) is 15.1. The molecule has 0 spiro atoms. The van der Waals surface area contributed by atoms with Gasteiger partial charge in [0, 0.05) is 18.5 Å². The molecule has 31 heavy (non-hydrogen) atoms. The molecule has 0 saturated heterocycles. The van der Waals surface area contributed by atoms with E-state index >= 15 is 0 Å². The summed E-state index contributed by atoms with van der Waals surface area (Å²) < 4.78 is 7.14. The average molecular weight is 439 g/mol. The van der Waals surface area contributed by atoms with Crippen LogP contribution in [-0.2, 0) is 19.6 Å². The van der Waals surface area contributed by atoms with Crippen LogP contribution < -0.4 is 5.76 Å². The smallest absolute Gasteiger partial charge is 0.390 e. The Bertz CT molecular complexity index is 1220. The molecule has 0 atom stereocenters. The van der Waals surface area contributed by atoms with E-state index in [-0.39, 0.29) is 12.5 Å². The minimum absolute atomic E-state index is 0.154. The summed E-state index contributed by atoms with van der Waals surface area (Å²) in [6, 6.07) is 15.7. The van der Waals surface area contributed by atoms with Crippen molar-refractivity contribution in [3.05, 3.63) is 81.3 Å². The zero-order valence-corrected chi connectivity index (χ0v) is 17.9. The van der Waals surface area contributed by atoms with E-state index in [0.717, 1.165) is 47.3 Å². The molecule has 0 aliphatic heterocycles. The minimum atomic E-state index is -0.585. The Morgan fingerprint density at radius 2 is 1.87 bits per heavy atom. The van der Waals surface area contributed by atoms with Gasteiger partial charge < -0.3 is 14.1 Å². The molecular formula is C23H23ClN4O3. The van der Waals surface area contributed by atoms with Crippen molar-refractivity contribution in [3.63, 3.8) is 0 Å². The summed E-state index contributed by atoms with van der Waals surface area (Å²) >= 11 is 6.25. The Morgan fingerprint density at radius 3 is 2.52 bits per heavy atom. The number of aliphatic hydroxyl groups is 1. The molecule has 8 heteroatoms. The molecule has 4 aromatic rings. The van der Waals surface area contributed by atoms with E-state index in [0.29, 0.717) is 17.4 Å². The summed E-state index contributed by atoms with van der Waals surface area (Å²) in [5, 5.41) is 16.4. The van der Waals surface area contributed by atoms with E-state index in [2.05, 4.69) is 22.1 Å². The van der Waals surface area contributed by atoms with Gasteiger partial charge in [-0.15, -0.1) is 5.10 Å². The zero-order valence-electron chi connectivity index (χ0n) is 17.1. The van der Waals surface area contributed by atoms with Crippen LogP contribution in [0.2, 0.25) is 5.15 Å². The summed E-state index contributed by atoms with van der Waals surface area (Å²) in [7, 11) is 0. The van der Waals surface area contributed by atoms with Gasteiger partial charge >= 0.3 is 5.76 Å². The van der Waals surface area contributed by atoms with Gasteiger partial charge in [-0.2, -0.15) is 0 Å². The molecule has 0 fully saturated rings. The first-order valence-electron chi connectivity index (χ1n) is 10.2. The van der Waals surface area contributed by atoms with Crippen molar-refractivity contribution in [2.24, 2.45) is 0 Å². The molecule has 0 saturated carbocycles. The van der Waals surface area contributed by atoms with Crippen LogP contribution in [0.3, 0.4) is 0 Å². The summed E-state index contributed by atoms with van der Waals surface area (Å²) in [6.07, 6.45) is 2.89. The van der Waals surface area contributed by atoms with Gasteiger partial charge in [-0.25, -0.2) is 14.9 Å². The standard InChI is InChI=1S/C23H23ClN4O3/c1-2-3-8-20-25-21(24)19(14-29)28(20)13-15-9-11-16(12-10-15)17-6-4-5-7-18(17)22-26-27-23(30)31-22/h4-7,9-12,29H,2-3,8,13-14H2,1H3,(H,27,30). The van der Waals surface area contributed by atoms with E-state index < -0.39 is 5.76 Å². The highest BCUT2D eigenvalue weighted by Gasteiger charge is 2.16. The van der Waals surface area contributed by atoms with Crippen molar-refractivity contribution in [1.29, 1.82) is 0 Å². The van der Waals surface area contributed by atoms with Gasteiger partial charge in [-0.05, 0) is 29.2 Å². The number of aryl methyl sites for hydroxylation is 1. The van der Waals surface area contributed by atoms with Crippen molar-refractivity contribution < 1.29 is 9.52 Å². The van der Waals surface area contributed by atoms with Crippen molar-refractivity contribution in [3.8, 4) is 22.6 Å². The molecule has 0 bridgehead atoms. The van der Waals surface area contributed by atoms with E-state index in [1.807, 2.05) is 53.1 Å². The maximum absolute atomic E-state index is 11.4. The number of aromatic nitrogens is 4. The molecule has 2 N–H and O–H groups in total. The normalized spacial score (nSPS) is 11.2. The quantitative estimate of drug-likeness (QED) is 0.424. The fourth-order valence-corrected chi connectivity index (χ4v) is 3.87. The molecule has 2 heterocycles. The topological polar surface area (TPSA) is 96.9 Å². The summed E-state index contributed by atoms with van der Waals surface area (Å²) in [6.45, 7) is 2.55. The maximum atomic E-state index is 11.4. The van der Waals surface area contributed by atoms with Crippen LogP contribution in [0.1, 0.15) is 36.8 Å². The number of aromatic amines is 1. The van der Waals surface area contributed by atoms with Crippen LogP contribution in [0.5, 0.6) is 0 Å². The SMILES string of the molecule is CCCCc1nc(Cl)c(CO)n1Cc1ccc(-c2ccccc2-c2n[nH]c(=O)o2)cc1. The Labute approximate surface area is 184 Å². The lowest BCUT2D eigenvalue weighted by Crippen LogP contribution is -2.09. The van der Waals surface area contributed by atoms with E-state index in [1.165, 1.54) is 0 Å². The molecule has 7 nitrogen and oxygen atoms in total. The third-order valence-electron chi connectivity index (χ3n) is 5.21. The van der Waals surface area contributed by atoms with Crippen LogP contribution in [-0.4, -0.2) is 24.9 Å². The number of nitrogens with one attached hydrogen (secondary N) is 1. The van der Waals surface area contributed by atoms with Gasteiger partial charge in [-0.1, -0.05) is 67.4 Å².